The van der Waals surface area contributed by atoms with Crippen molar-refractivity contribution in [3.8, 4) is 5.75 Å². The molecule has 0 unspecified atom stereocenters. The van der Waals surface area contributed by atoms with Crippen LogP contribution in [0.2, 0.25) is 0 Å². The van der Waals surface area contributed by atoms with Crippen molar-refractivity contribution in [2.24, 2.45) is 0 Å². The van der Waals surface area contributed by atoms with Gasteiger partial charge in [0, 0.05) is 4.47 Å². The molecule has 0 spiro atoms. The molecule has 86 valence electrons. The SMILES string of the molecule is COC(=O)COc1c(Br)cc(Br)cc1C=O. The molecule has 0 aliphatic carbocycles. The molecule has 16 heavy (non-hydrogen) atoms. The van der Waals surface area contributed by atoms with Crippen LogP contribution in [0.1, 0.15) is 10.4 Å². The van der Waals surface area contributed by atoms with Crippen LogP contribution in [0.15, 0.2) is 21.1 Å². The maximum atomic E-state index is 10.9. The fraction of sp³-hybridized carbons (Fsp3) is 0.200. The predicted molar refractivity (Wildman–Crippen MR) is 64.7 cm³/mol. The lowest BCUT2D eigenvalue weighted by molar-refractivity contribution is -0.142. The molecule has 0 aliphatic heterocycles. The largest absolute Gasteiger partial charge is 0.480 e. The van der Waals surface area contributed by atoms with Gasteiger partial charge in [-0.25, -0.2) is 4.79 Å². The van der Waals surface area contributed by atoms with E-state index in [1.165, 1.54) is 7.11 Å². The second-order valence-electron chi connectivity index (χ2n) is 2.79. The first-order valence-corrected chi connectivity index (χ1v) is 5.81. The van der Waals surface area contributed by atoms with Crippen LogP contribution in [0.3, 0.4) is 0 Å². The van der Waals surface area contributed by atoms with E-state index in [0.29, 0.717) is 22.1 Å². The number of hydrogen-bond donors (Lipinski definition) is 0. The monoisotopic (exact) mass is 350 g/mol. The van der Waals surface area contributed by atoms with E-state index in [9.17, 15) is 9.59 Å². The van der Waals surface area contributed by atoms with Crippen LogP contribution in [0, 0.1) is 0 Å². The predicted octanol–water partition coefficient (Wildman–Crippen LogP) is 2.58. The Labute approximate surface area is 109 Å². The van der Waals surface area contributed by atoms with E-state index >= 15 is 0 Å². The van der Waals surface area contributed by atoms with Crippen molar-refractivity contribution >= 4 is 44.1 Å². The van der Waals surface area contributed by atoms with Gasteiger partial charge in [0.05, 0.1) is 17.1 Å². The number of aldehydes is 1. The third-order valence-electron chi connectivity index (χ3n) is 1.73. The first kappa shape index (κ1) is 13.2. The fourth-order valence-electron chi connectivity index (χ4n) is 1.01. The molecule has 0 heterocycles. The number of halogens is 2. The van der Waals surface area contributed by atoms with Gasteiger partial charge in [0.25, 0.3) is 0 Å². The van der Waals surface area contributed by atoms with Gasteiger partial charge >= 0.3 is 5.97 Å². The van der Waals surface area contributed by atoms with E-state index < -0.39 is 5.97 Å². The summed E-state index contributed by atoms with van der Waals surface area (Å²) in [6, 6.07) is 3.32. The molecule has 0 saturated heterocycles. The summed E-state index contributed by atoms with van der Waals surface area (Å²) in [6.45, 7) is -0.239. The summed E-state index contributed by atoms with van der Waals surface area (Å²) < 4.78 is 11.0. The van der Waals surface area contributed by atoms with Crippen molar-refractivity contribution in [2.75, 3.05) is 13.7 Å². The quantitative estimate of drug-likeness (QED) is 0.618. The van der Waals surface area contributed by atoms with Crippen LogP contribution in [0.5, 0.6) is 5.75 Å². The van der Waals surface area contributed by atoms with Crippen molar-refractivity contribution in [2.45, 2.75) is 0 Å². The fourth-order valence-corrected chi connectivity index (χ4v) is 2.38. The number of methoxy groups -OCH3 is 1. The van der Waals surface area contributed by atoms with E-state index in [1.807, 2.05) is 0 Å². The Morgan fingerprint density at radius 1 is 1.44 bits per heavy atom. The van der Waals surface area contributed by atoms with Crippen molar-refractivity contribution in [3.63, 3.8) is 0 Å². The van der Waals surface area contributed by atoms with Gasteiger partial charge in [-0.3, -0.25) is 4.79 Å². The summed E-state index contributed by atoms with van der Waals surface area (Å²) in [5.41, 5.74) is 0.352. The Morgan fingerprint density at radius 2 is 2.12 bits per heavy atom. The molecule has 0 N–H and O–H groups in total. The number of carbonyl (C=O) groups is 2. The second-order valence-corrected chi connectivity index (χ2v) is 4.56. The maximum Gasteiger partial charge on any atom is 0.343 e. The van der Waals surface area contributed by atoms with Crippen LogP contribution < -0.4 is 4.74 Å². The second kappa shape index (κ2) is 6.00. The molecule has 1 aromatic rings. The first-order valence-electron chi connectivity index (χ1n) is 4.22. The Kier molecular flexibility index (Phi) is 4.95. The molecule has 0 saturated carbocycles. The number of ether oxygens (including phenoxy) is 2. The standard InChI is InChI=1S/C10H8Br2O4/c1-15-9(14)5-16-10-6(4-13)2-7(11)3-8(10)12/h2-4H,5H2,1H3. The van der Waals surface area contributed by atoms with E-state index in [-0.39, 0.29) is 6.61 Å². The van der Waals surface area contributed by atoms with Crippen molar-refractivity contribution < 1.29 is 19.1 Å². The lowest BCUT2D eigenvalue weighted by atomic mass is 10.2. The average molecular weight is 352 g/mol. The Balaban J connectivity index is 2.94. The summed E-state index contributed by atoms with van der Waals surface area (Å²) >= 11 is 6.49. The van der Waals surface area contributed by atoms with Crippen molar-refractivity contribution in [1.82, 2.24) is 0 Å². The minimum Gasteiger partial charge on any atom is -0.480 e. The lowest BCUT2D eigenvalue weighted by Gasteiger charge is -2.09. The smallest absolute Gasteiger partial charge is 0.343 e. The van der Waals surface area contributed by atoms with Gasteiger partial charge in [-0.2, -0.15) is 0 Å². The summed E-state index contributed by atoms with van der Waals surface area (Å²) in [4.78, 5) is 21.7. The number of carbonyl (C=O) groups excluding carboxylic acids is 2. The van der Waals surface area contributed by atoms with E-state index in [2.05, 4.69) is 36.6 Å². The number of esters is 1. The number of benzene rings is 1. The molecular weight excluding hydrogens is 344 g/mol. The van der Waals surface area contributed by atoms with Crippen molar-refractivity contribution in [3.05, 3.63) is 26.6 Å². The molecule has 0 amide bonds. The molecule has 0 atom stereocenters. The highest BCUT2D eigenvalue weighted by molar-refractivity contribution is 9.11. The normalized spacial score (nSPS) is 9.69. The highest BCUT2D eigenvalue weighted by Crippen LogP contribution is 2.31. The van der Waals surface area contributed by atoms with Gasteiger partial charge in [-0.05, 0) is 28.1 Å². The van der Waals surface area contributed by atoms with Gasteiger partial charge < -0.3 is 9.47 Å². The highest BCUT2D eigenvalue weighted by Gasteiger charge is 2.11. The average Bonchev–Trinajstić information content (AvgIpc) is 2.26. The Hall–Kier alpha value is -0.880. The summed E-state index contributed by atoms with van der Waals surface area (Å²) in [6.07, 6.45) is 0.655. The van der Waals surface area contributed by atoms with E-state index in [4.69, 9.17) is 4.74 Å². The molecule has 6 heteroatoms. The van der Waals surface area contributed by atoms with Gasteiger partial charge in [-0.15, -0.1) is 0 Å². The molecular formula is C10H8Br2O4. The summed E-state index contributed by atoms with van der Waals surface area (Å²) in [5, 5.41) is 0. The minimum absolute atomic E-state index is 0.239. The topological polar surface area (TPSA) is 52.6 Å². The van der Waals surface area contributed by atoms with E-state index in [1.54, 1.807) is 12.1 Å². The van der Waals surface area contributed by atoms with Gasteiger partial charge in [0.2, 0.25) is 0 Å². The summed E-state index contributed by atoms with van der Waals surface area (Å²) in [7, 11) is 1.27. The van der Waals surface area contributed by atoms with Gasteiger partial charge in [0.15, 0.2) is 12.9 Å². The third kappa shape index (κ3) is 3.31. The molecule has 0 bridgehead atoms. The van der Waals surface area contributed by atoms with Crippen LogP contribution >= 0.6 is 31.9 Å². The zero-order chi connectivity index (χ0) is 12.1. The van der Waals surface area contributed by atoms with Crippen molar-refractivity contribution in [1.29, 1.82) is 0 Å². The first-order chi connectivity index (χ1) is 7.58. The van der Waals surface area contributed by atoms with Crippen LogP contribution in [-0.2, 0) is 9.53 Å². The maximum absolute atomic E-state index is 10.9. The van der Waals surface area contributed by atoms with Crippen LogP contribution in [0.4, 0.5) is 0 Å². The number of hydrogen-bond acceptors (Lipinski definition) is 4. The number of rotatable bonds is 4. The Morgan fingerprint density at radius 3 is 2.69 bits per heavy atom. The van der Waals surface area contributed by atoms with Crippen LogP contribution in [-0.4, -0.2) is 26.0 Å². The molecule has 0 radical (unpaired) electrons. The molecule has 1 rings (SSSR count). The van der Waals surface area contributed by atoms with Gasteiger partial charge in [-0.1, -0.05) is 15.9 Å². The summed E-state index contributed by atoms with van der Waals surface area (Å²) in [5.74, 6) is -0.185. The zero-order valence-electron chi connectivity index (χ0n) is 8.33. The molecule has 0 fully saturated rings. The van der Waals surface area contributed by atoms with Gasteiger partial charge in [0.1, 0.15) is 5.75 Å². The zero-order valence-corrected chi connectivity index (χ0v) is 11.5. The highest BCUT2D eigenvalue weighted by atomic mass is 79.9. The molecule has 0 aliphatic rings. The molecule has 4 nitrogen and oxygen atoms in total. The molecule has 1 aromatic carbocycles. The molecule has 0 aromatic heterocycles. The Bertz CT molecular complexity index is 418. The minimum atomic E-state index is -0.508. The third-order valence-corrected chi connectivity index (χ3v) is 2.77. The lowest BCUT2D eigenvalue weighted by Crippen LogP contribution is -2.13. The van der Waals surface area contributed by atoms with E-state index in [0.717, 1.165) is 4.47 Å². The van der Waals surface area contributed by atoms with Crippen LogP contribution in [0.25, 0.3) is 0 Å².